The fraction of sp³-hybridized carbons (Fsp3) is 0.750. The molecule has 1 fully saturated rings. The molecule has 2 N–H and O–H groups in total. The van der Waals surface area contributed by atoms with E-state index in [4.69, 9.17) is 6.54 Å². The highest BCUT2D eigenvalue weighted by molar-refractivity contribution is 5.84. The number of aliphatic carboxylic acids is 1. The Morgan fingerprint density at radius 3 is 2.85 bits per heavy atom. The van der Waals surface area contributed by atoms with E-state index in [0.29, 0.717) is 0 Å². The average Bonchev–Trinajstić information content (AvgIpc) is 2.60. The first-order valence-corrected chi connectivity index (χ1v) is 4.24. The van der Waals surface area contributed by atoms with Crippen LogP contribution in [0.1, 0.15) is 19.8 Å². The molecule has 5 nitrogen and oxygen atoms in total. The number of likely N-dealkylation sites (tertiary alicyclic amines) is 1. The topological polar surface area (TPSA) is 77.8 Å². The minimum Gasteiger partial charge on any atom is -0.480 e. The molecule has 1 amide bonds. The van der Waals surface area contributed by atoms with Gasteiger partial charge in [-0.2, -0.15) is 0 Å². The maximum atomic E-state index is 11.3. The fourth-order valence-corrected chi connectivity index (χ4v) is 1.51. The predicted octanol–water partition coefficient (Wildman–Crippen LogP) is -0.557. The van der Waals surface area contributed by atoms with E-state index in [0.717, 1.165) is 0 Å². The third-order valence-corrected chi connectivity index (χ3v) is 2.17. The van der Waals surface area contributed by atoms with Crippen LogP contribution in [0.15, 0.2) is 0 Å². The van der Waals surface area contributed by atoms with E-state index in [1.807, 2.05) is 0 Å². The first kappa shape index (κ1) is 8.50. The molecule has 1 saturated heterocycles. The molecule has 0 radical (unpaired) electrons. The average molecular weight is 188 g/mol. The summed E-state index contributed by atoms with van der Waals surface area (Å²) in [7, 11) is 0. The smallest absolute Gasteiger partial charge is 0.326 e. The molecular formula is C8H13NO4. The summed E-state index contributed by atoms with van der Waals surface area (Å²) in [6.45, 7) is 1.88. The van der Waals surface area contributed by atoms with Crippen LogP contribution >= 0.6 is 0 Å². The lowest BCUT2D eigenvalue weighted by Crippen LogP contribution is -2.40. The summed E-state index contributed by atoms with van der Waals surface area (Å²) >= 11 is 0. The van der Waals surface area contributed by atoms with Gasteiger partial charge in [0.05, 0.1) is 6.10 Å². The number of aliphatic hydroxyl groups is 1. The molecule has 0 aromatic heterocycles. The Balaban J connectivity index is 2.71. The molecule has 0 unspecified atom stereocenters. The largest absolute Gasteiger partial charge is 0.480 e. The van der Waals surface area contributed by atoms with Gasteiger partial charge < -0.3 is 15.1 Å². The number of rotatable bonds is 3. The van der Waals surface area contributed by atoms with Crippen molar-refractivity contribution >= 4 is 11.9 Å². The van der Waals surface area contributed by atoms with Crippen LogP contribution in [-0.2, 0) is 9.59 Å². The van der Waals surface area contributed by atoms with Gasteiger partial charge >= 0.3 is 5.97 Å². The second kappa shape index (κ2) is 3.74. The van der Waals surface area contributed by atoms with Crippen LogP contribution in [0.5, 0.6) is 0 Å². The van der Waals surface area contributed by atoms with Crippen molar-refractivity contribution < 1.29 is 19.8 Å². The summed E-state index contributed by atoms with van der Waals surface area (Å²) in [5, 5.41) is 13.1. The van der Waals surface area contributed by atoms with E-state index in [2.05, 4.69) is 5.11 Å². The summed E-state index contributed by atoms with van der Waals surface area (Å²) in [5.74, 6) is -1.25. The van der Waals surface area contributed by atoms with Gasteiger partial charge in [-0.25, -0.2) is 4.79 Å². The molecule has 0 aromatic carbocycles. The van der Waals surface area contributed by atoms with Crippen LogP contribution in [0, 0.1) is 0 Å². The molecule has 13 heavy (non-hydrogen) atoms. The molecule has 2 atom stereocenters. The van der Waals surface area contributed by atoms with Crippen LogP contribution in [0.25, 0.3) is 0 Å². The number of carbonyl (C=O) groups excluding carboxylic acids is 1. The predicted molar refractivity (Wildman–Crippen MR) is 44.1 cm³/mol. The summed E-state index contributed by atoms with van der Waals surface area (Å²) < 4.78 is 6.69. The number of amides is 1. The molecule has 1 heterocycles. The second-order valence-corrected chi connectivity index (χ2v) is 3.11. The second-order valence-electron chi connectivity index (χ2n) is 3.11. The van der Waals surface area contributed by atoms with Crippen molar-refractivity contribution in [3.8, 4) is 0 Å². The molecular weight excluding hydrogens is 174 g/mol. The van der Waals surface area contributed by atoms with Crippen LogP contribution in [0.2, 0.25) is 0 Å². The fourth-order valence-electron chi connectivity index (χ4n) is 1.51. The SMILES string of the molecule is [2H]O[C@H]1C[C@@H](C(=O)O)N(C(=O)CC)C1. The Bertz CT molecular complexity index is 245. The van der Waals surface area contributed by atoms with Crippen LogP contribution < -0.4 is 0 Å². The van der Waals surface area contributed by atoms with Crippen molar-refractivity contribution in [3.05, 3.63) is 0 Å². The van der Waals surface area contributed by atoms with Crippen molar-refractivity contribution in [1.82, 2.24) is 4.90 Å². The van der Waals surface area contributed by atoms with Gasteiger partial charge in [-0.1, -0.05) is 6.92 Å². The minimum atomic E-state index is -1.04. The van der Waals surface area contributed by atoms with Gasteiger partial charge in [-0.15, -0.1) is 0 Å². The molecule has 0 saturated carbocycles. The Labute approximate surface area is 77.5 Å². The summed E-state index contributed by atoms with van der Waals surface area (Å²) in [5.41, 5.74) is 0. The standard InChI is InChI=1S/C8H13NO4/c1-2-7(11)9-4-5(10)3-6(9)8(12)13/h5-6,10H,2-4H2,1H3,(H,12,13)/t5-,6-/m0/s1/i10D. The van der Waals surface area contributed by atoms with Gasteiger partial charge in [0.25, 0.3) is 0 Å². The van der Waals surface area contributed by atoms with Crippen molar-refractivity contribution in [2.45, 2.75) is 31.9 Å². The van der Waals surface area contributed by atoms with Gasteiger partial charge in [0.2, 0.25) is 7.34 Å². The molecule has 0 aromatic rings. The normalized spacial score (nSPS) is 28.7. The van der Waals surface area contributed by atoms with Gasteiger partial charge in [0.15, 0.2) is 0 Å². The third-order valence-electron chi connectivity index (χ3n) is 2.17. The molecule has 1 aliphatic rings. The Kier molecular flexibility index (Phi) is 2.44. The molecule has 0 bridgehead atoms. The number of carboxylic acids is 1. The number of hydrogen-bond donors (Lipinski definition) is 2. The van der Waals surface area contributed by atoms with E-state index < -0.39 is 18.1 Å². The molecule has 0 spiro atoms. The Hall–Kier alpha value is -1.10. The lowest BCUT2D eigenvalue weighted by Gasteiger charge is -2.19. The van der Waals surface area contributed by atoms with E-state index in [1.54, 1.807) is 6.92 Å². The van der Waals surface area contributed by atoms with Gasteiger partial charge in [-0.05, 0) is 0 Å². The lowest BCUT2D eigenvalue weighted by molar-refractivity contribution is -0.148. The van der Waals surface area contributed by atoms with Crippen LogP contribution in [0.4, 0.5) is 0 Å². The van der Waals surface area contributed by atoms with Gasteiger partial charge in [-0.3, -0.25) is 4.79 Å². The van der Waals surface area contributed by atoms with Crippen molar-refractivity contribution in [1.29, 1.82) is 1.43 Å². The van der Waals surface area contributed by atoms with Gasteiger partial charge in [0.1, 0.15) is 6.04 Å². The van der Waals surface area contributed by atoms with E-state index in [1.165, 1.54) is 4.90 Å². The monoisotopic (exact) mass is 188 g/mol. The Morgan fingerprint density at radius 2 is 2.38 bits per heavy atom. The first-order chi connectivity index (χ1) is 6.60. The molecule has 5 heteroatoms. The highest BCUT2D eigenvalue weighted by Crippen LogP contribution is 2.18. The number of carboxylic acid groups (broad SMARTS) is 1. The van der Waals surface area contributed by atoms with Crippen molar-refractivity contribution in [2.75, 3.05) is 6.54 Å². The van der Waals surface area contributed by atoms with Crippen LogP contribution in [-0.4, -0.2) is 47.1 Å². The third kappa shape index (κ3) is 1.98. The number of β-amino-alcohol motifs (C(OH)–C–C–N with tert-alkyl or cyclic N) is 1. The number of hydrogen-bond acceptors (Lipinski definition) is 3. The van der Waals surface area contributed by atoms with E-state index in [-0.39, 0.29) is 25.3 Å². The number of nitrogens with zero attached hydrogens (tertiary/aromatic N) is 1. The maximum absolute atomic E-state index is 11.3. The maximum Gasteiger partial charge on any atom is 0.326 e. The molecule has 74 valence electrons. The van der Waals surface area contributed by atoms with Crippen molar-refractivity contribution in [3.63, 3.8) is 0 Å². The summed E-state index contributed by atoms with van der Waals surface area (Å²) in [6.07, 6.45) is -0.00870. The zero-order valence-corrected chi connectivity index (χ0v) is 7.40. The highest BCUT2D eigenvalue weighted by atomic mass is 16.4. The quantitative estimate of drug-likeness (QED) is 0.622. The van der Waals surface area contributed by atoms with Gasteiger partial charge in [0, 0.05) is 19.4 Å². The zero-order valence-electron chi connectivity index (χ0n) is 8.40. The zero-order chi connectivity index (χ0) is 10.7. The summed E-state index contributed by atoms with van der Waals surface area (Å²) in [6, 6.07) is -0.835. The number of aliphatic hydroxyl groups excluding tert-OH is 1. The van der Waals surface area contributed by atoms with Crippen LogP contribution in [0.3, 0.4) is 0 Å². The first-order valence-electron chi connectivity index (χ1n) is 4.65. The minimum absolute atomic E-state index is 0.199. The summed E-state index contributed by atoms with van der Waals surface area (Å²) in [4.78, 5) is 23.4. The van der Waals surface area contributed by atoms with E-state index >= 15 is 0 Å². The lowest BCUT2D eigenvalue weighted by atomic mass is 10.2. The number of carbonyl (C=O) groups is 2. The highest BCUT2D eigenvalue weighted by Gasteiger charge is 2.37. The molecule has 1 aliphatic heterocycles. The Morgan fingerprint density at radius 1 is 1.69 bits per heavy atom. The molecule has 0 aliphatic carbocycles. The van der Waals surface area contributed by atoms with Crippen molar-refractivity contribution in [2.24, 2.45) is 0 Å². The molecule has 1 rings (SSSR count). The van der Waals surface area contributed by atoms with E-state index in [9.17, 15) is 9.59 Å².